The Bertz CT molecular complexity index is 803. The Hall–Kier alpha value is -3.06. The average Bonchev–Trinajstić information content (AvgIpc) is 2.64. The summed E-state index contributed by atoms with van der Waals surface area (Å²) in [4.78, 5) is 23.3. The zero-order chi connectivity index (χ0) is 21.3. The molecule has 0 radical (unpaired) electrons. The van der Waals surface area contributed by atoms with Gasteiger partial charge >= 0.3 is 6.03 Å². The molecule has 0 aromatic heterocycles. The summed E-state index contributed by atoms with van der Waals surface area (Å²) in [5.41, 5.74) is 1.89. The zero-order valence-electron chi connectivity index (χ0n) is 17.2. The van der Waals surface area contributed by atoms with Crippen molar-refractivity contribution in [3.63, 3.8) is 0 Å². The van der Waals surface area contributed by atoms with E-state index in [1.54, 1.807) is 0 Å². The van der Waals surface area contributed by atoms with E-state index in [1.165, 1.54) is 0 Å². The molecule has 0 spiro atoms. The van der Waals surface area contributed by atoms with Crippen molar-refractivity contribution in [2.24, 2.45) is 0 Å². The second-order valence-electron chi connectivity index (χ2n) is 7.95. The van der Waals surface area contributed by atoms with Crippen LogP contribution in [0.5, 0.6) is 5.75 Å². The third kappa shape index (κ3) is 8.66. The normalized spacial score (nSPS) is 12.1. The van der Waals surface area contributed by atoms with Crippen LogP contribution in [0.25, 0.3) is 0 Å². The lowest BCUT2D eigenvalue weighted by molar-refractivity contribution is -0.871. The molecule has 2 amide bonds. The van der Waals surface area contributed by atoms with Crippen molar-refractivity contribution in [3.05, 3.63) is 65.7 Å². The van der Waals surface area contributed by atoms with E-state index in [-0.39, 0.29) is 13.0 Å². The van der Waals surface area contributed by atoms with E-state index >= 15 is 0 Å². The number of aliphatic carboxylic acids is 1. The number of hydrogen-bond acceptors (Lipinski definition) is 4. The van der Waals surface area contributed by atoms with Gasteiger partial charge in [-0.3, -0.25) is 0 Å². The lowest BCUT2D eigenvalue weighted by Crippen LogP contribution is -2.52. The predicted octanol–water partition coefficient (Wildman–Crippen LogP) is 1.28. The number of nitrogens with one attached hydrogen (secondary N) is 2. The number of amides is 2. The number of quaternary nitrogens is 1. The summed E-state index contributed by atoms with van der Waals surface area (Å²) < 4.78 is 6.42. The number of carbonyl (C=O) groups excluding carboxylic acids is 2. The first kappa shape index (κ1) is 22.2. The summed E-state index contributed by atoms with van der Waals surface area (Å²) in [6.45, 7) is 1.17. The van der Waals surface area contributed by atoms with Gasteiger partial charge in [-0.25, -0.2) is 4.79 Å². The topological polar surface area (TPSA) is 90.5 Å². The Morgan fingerprint density at radius 1 is 1.03 bits per heavy atom. The Morgan fingerprint density at radius 3 is 2.34 bits per heavy atom. The second-order valence-corrected chi connectivity index (χ2v) is 7.95. The van der Waals surface area contributed by atoms with Gasteiger partial charge in [-0.1, -0.05) is 48.5 Å². The number of carboxylic acid groups (broad SMARTS) is 1. The molecule has 0 aliphatic rings. The molecule has 2 rings (SSSR count). The monoisotopic (exact) mass is 399 g/mol. The minimum absolute atomic E-state index is 0.236. The number of rotatable bonds is 10. The van der Waals surface area contributed by atoms with Crippen LogP contribution >= 0.6 is 0 Å². The van der Waals surface area contributed by atoms with Crippen molar-refractivity contribution in [1.82, 2.24) is 10.6 Å². The van der Waals surface area contributed by atoms with Crippen molar-refractivity contribution in [3.8, 4) is 5.75 Å². The van der Waals surface area contributed by atoms with Crippen molar-refractivity contribution >= 4 is 12.0 Å². The summed E-state index contributed by atoms with van der Waals surface area (Å²) in [7, 11) is 5.80. The van der Waals surface area contributed by atoms with Crippen LogP contribution in [0.1, 0.15) is 17.5 Å². The molecular weight excluding hydrogens is 370 g/mol. The summed E-state index contributed by atoms with van der Waals surface area (Å²) >= 11 is 0. The molecule has 2 aromatic carbocycles. The first-order valence-corrected chi connectivity index (χ1v) is 9.52. The van der Waals surface area contributed by atoms with Gasteiger partial charge in [0.1, 0.15) is 12.4 Å². The Kier molecular flexibility index (Phi) is 8.03. The number of carboxylic acids is 1. The fraction of sp³-hybridized carbons (Fsp3) is 0.364. The molecule has 0 aliphatic carbocycles. The zero-order valence-corrected chi connectivity index (χ0v) is 17.2. The number of likely N-dealkylation sites (N-methyl/N-ethyl adjacent to an activating group) is 1. The molecule has 29 heavy (non-hydrogen) atoms. The molecule has 1 unspecified atom stereocenters. The van der Waals surface area contributed by atoms with Crippen LogP contribution in [0.3, 0.4) is 0 Å². The molecule has 2 N–H and O–H groups in total. The van der Waals surface area contributed by atoms with E-state index in [1.807, 2.05) is 75.7 Å². The van der Waals surface area contributed by atoms with Gasteiger partial charge in [0.15, 0.2) is 0 Å². The minimum Gasteiger partial charge on any atom is -0.550 e. The highest BCUT2D eigenvalue weighted by atomic mass is 16.5. The quantitative estimate of drug-likeness (QED) is 0.589. The van der Waals surface area contributed by atoms with Crippen molar-refractivity contribution in [1.29, 1.82) is 0 Å². The smallest absolute Gasteiger partial charge is 0.315 e. The molecule has 1 atom stereocenters. The van der Waals surface area contributed by atoms with Crippen LogP contribution < -0.4 is 20.5 Å². The van der Waals surface area contributed by atoms with E-state index in [4.69, 9.17) is 4.74 Å². The number of benzene rings is 2. The lowest BCUT2D eigenvalue weighted by atomic mass is 10.2. The van der Waals surface area contributed by atoms with Crippen LogP contribution in [-0.2, 0) is 17.9 Å². The van der Waals surface area contributed by atoms with Crippen molar-refractivity contribution in [2.45, 2.75) is 25.6 Å². The molecule has 0 aliphatic heterocycles. The van der Waals surface area contributed by atoms with Crippen LogP contribution in [-0.4, -0.2) is 50.2 Å². The van der Waals surface area contributed by atoms with Crippen LogP contribution in [0.15, 0.2) is 54.6 Å². The average molecular weight is 399 g/mol. The second kappa shape index (κ2) is 10.5. The molecule has 2 aromatic rings. The maximum absolute atomic E-state index is 12.3. The molecule has 0 saturated heterocycles. The highest BCUT2D eigenvalue weighted by Gasteiger charge is 2.20. The van der Waals surface area contributed by atoms with Gasteiger partial charge in [0.2, 0.25) is 0 Å². The van der Waals surface area contributed by atoms with Crippen molar-refractivity contribution < 1.29 is 23.9 Å². The molecular formula is C22H29N3O4. The number of urea groups is 1. The summed E-state index contributed by atoms with van der Waals surface area (Å²) in [6, 6.07) is 16.4. The number of para-hydroxylation sites is 1. The van der Waals surface area contributed by atoms with Gasteiger partial charge in [0, 0.05) is 24.5 Å². The highest BCUT2D eigenvalue weighted by molar-refractivity contribution is 5.75. The Morgan fingerprint density at radius 2 is 1.69 bits per heavy atom. The molecule has 0 fully saturated rings. The van der Waals surface area contributed by atoms with Gasteiger partial charge in [0.05, 0.1) is 33.7 Å². The van der Waals surface area contributed by atoms with Gasteiger partial charge in [-0.05, 0) is 11.6 Å². The fourth-order valence-corrected chi connectivity index (χ4v) is 2.96. The predicted molar refractivity (Wildman–Crippen MR) is 109 cm³/mol. The molecule has 7 heteroatoms. The van der Waals surface area contributed by atoms with E-state index in [9.17, 15) is 14.7 Å². The largest absolute Gasteiger partial charge is 0.550 e. The third-order valence-corrected chi connectivity index (χ3v) is 4.17. The summed E-state index contributed by atoms with van der Waals surface area (Å²) in [5, 5.41) is 16.5. The summed E-state index contributed by atoms with van der Waals surface area (Å²) in [5.74, 6) is -0.502. The highest BCUT2D eigenvalue weighted by Crippen LogP contribution is 2.19. The van der Waals surface area contributed by atoms with Crippen molar-refractivity contribution in [2.75, 3.05) is 27.7 Å². The molecule has 0 bridgehead atoms. The maximum Gasteiger partial charge on any atom is 0.315 e. The fourth-order valence-electron chi connectivity index (χ4n) is 2.96. The first-order valence-electron chi connectivity index (χ1n) is 9.52. The van der Waals surface area contributed by atoms with E-state index in [2.05, 4.69) is 10.6 Å². The third-order valence-electron chi connectivity index (χ3n) is 4.17. The number of carbonyl (C=O) groups is 2. The van der Waals surface area contributed by atoms with Crippen LogP contribution in [0.4, 0.5) is 4.79 Å². The van der Waals surface area contributed by atoms with Crippen LogP contribution in [0, 0.1) is 0 Å². The number of nitrogens with zero attached hydrogens (tertiary/aromatic N) is 1. The van der Waals surface area contributed by atoms with Gasteiger partial charge in [0.25, 0.3) is 0 Å². The Balaban J connectivity index is 1.92. The number of ether oxygens (including phenoxy) is 1. The standard InChI is InChI=1S/C22H29N3O4/c1-25(2,3)15-19(13-21(26)27)24-22(28)23-14-18-11-7-8-12-20(18)29-16-17-9-5-4-6-10-17/h4-12,19H,13-16H2,1-3H3,(H2-,23,24,26,27,28). The molecule has 7 nitrogen and oxygen atoms in total. The maximum atomic E-state index is 12.3. The molecule has 0 heterocycles. The van der Waals surface area contributed by atoms with Gasteiger partial charge in [-0.2, -0.15) is 0 Å². The lowest BCUT2D eigenvalue weighted by Gasteiger charge is -2.30. The van der Waals surface area contributed by atoms with Gasteiger partial charge in [-0.15, -0.1) is 0 Å². The molecule has 156 valence electrons. The van der Waals surface area contributed by atoms with E-state index in [0.29, 0.717) is 23.4 Å². The summed E-state index contributed by atoms with van der Waals surface area (Å²) in [6.07, 6.45) is -0.236. The first-order chi connectivity index (χ1) is 13.7. The molecule has 0 saturated carbocycles. The Labute approximate surface area is 171 Å². The van der Waals surface area contributed by atoms with Crippen LogP contribution in [0.2, 0.25) is 0 Å². The van der Waals surface area contributed by atoms with E-state index < -0.39 is 18.0 Å². The minimum atomic E-state index is -1.19. The SMILES string of the molecule is C[N+](C)(C)CC(CC(=O)[O-])NC(=O)NCc1ccccc1OCc1ccccc1. The van der Waals surface area contributed by atoms with E-state index in [0.717, 1.165) is 11.1 Å². The van der Waals surface area contributed by atoms with Gasteiger partial charge < -0.3 is 29.8 Å². The number of hydrogen-bond donors (Lipinski definition) is 2.